The van der Waals surface area contributed by atoms with Crippen molar-refractivity contribution >= 4 is 5.69 Å². The third kappa shape index (κ3) is 1.14. The lowest BCUT2D eigenvalue weighted by Gasteiger charge is -2.00. The summed E-state index contributed by atoms with van der Waals surface area (Å²) in [7, 11) is 0. The van der Waals surface area contributed by atoms with Crippen molar-refractivity contribution in [2.75, 3.05) is 11.9 Å². The van der Waals surface area contributed by atoms with Crippen molar-refractivity contribution in [1.29, 1.82) is 5.26 Å². The van der Waals surface area contributed by atoms with Crippen LogP contribution in [0.15, 0.2) is 18.2 Å². The van der Waals surface area contributed by atoms with Crippen molar-refractivity contribution in [3.05, 3.63) is 29.3 Å². The third-order valence-electron chi connectivity index (χ3n) is 2.16. The fourth-order valence-electron chi connectivity index (χ4n) is 1.56. The van der Waals surface area contributed by atoms with Crippen LogP contribution in [0.4, 0.5) is 5.69 Å². The largest absolute Gasteiger partial charge is 0.384 e. The summed E-state index contributed by atoms with van der Waals surface area (Å²) in [4.78, 5) is 0. The summed E-state index contributed by atoms with van der Waals surface area (Å²) >= 11 is 0. The van der Waals surface area contributed by atoms with Crippen LogP contribution in [-0.2, 0) is 12.8 Å². The van der Waals surface area contributed by atoms with E-state index in [1.54, 1.807) is 0 Å². The number of anilines is 1. The van der Waals surface area contributed by atoms with Gasteiger partial charge in [0.15, 0.2) is 0 Å². The van der Waals surface area contributed by atoms with Crippen molar-refractivity contribution < 1.29 is 0 Å². The van der Waals surface area contributed by atoms with Gasteiger partial charge in [-0.05, 0) is 23.6 Å². The minimum absolute atomic E-state index is 0.521. The van der Waals surface area contributed by atoms with E-state index in [0.717, 1.165) is 18.5 Å². The molecule has 1 aliphatic rings. The molecule has 1 aromatic carbocycles. The summed E-state index contributed by atoms with van der Waals surface area (Å²) < 4.78 is 0. The molecule has 12 heavy (non-hydrogen) atoms. The molecule has 2 heteroatoms. The first-order chi connectivity index (χ1) is 5.90. The first-order valence-electron chi connectivity index (χ1n) is 4.13. The molecule has 0 aromatic heterocycles. The highest BCUT2D eigenvalue weighted by Gasteiger charge is 2.09. The summed E-state index contributed by atoms with van der Waals surface area (Å²) in [5.41, 5.74) is 3.71. The van der Waals surface area contributed by atoms with Gasteiger partial charge in [0.25, 0.3) is 0 Å². The monoisotopic (exact) mass is 158 g/mol. The van der Waals surface area contributed by atoms with Crippen LogP contribution in [0.3, 0.4) is 0 Å². The third-order valence-corrected chi connectivity index (χ3v) is 2.16. The highest BCUT2D eigenvalue weighted by atomic mass is 14.9. The van der Waals surface area contributed by atoms with Crippen LogP contribution in [0.25, 0.3) is 0 Å². The molecular weight excluding hydrogens is 148 g/mol. The van der Waals surface area contributed by atoms with E-state index in [0.29, 0.717) is 6.42 Å². The van der Waals surface area contributed by atoms with Crippen LogP contribution in [0, 0.1) is 11.3 Å². The summed E-state index contributed by atoms with van der Waals surface area (Å²) in [6.45, 7) is 1.03. The van der Waals surface area contributed by atoms with Crippen LogP contribution in [0.1, 0.15) is 11.1 Å². The molecule has 0 fully saturated rings. The summed E-state index contributed by atoms with van der Waals surface area (Å²) in [5, 5.41) is 11.8. The normalized spacial score (nSPS) is 13.2. The Hall–Kier alpha value is -1.49. The number of hydrogen-bond donors (Lipinski definition) is 1. The SMILES string of the molecule is N#CCc1ccc2c(c1)CCN2. The summed E-state index contributed by atoms with van der Waals surface area (Å²) in [6, 6.07) is 8.36. The number of nitriles is 1. The van der Waals surface area contributed by atoms with Crippen LogP contribution in [-0.4, -0.2) is 6.54 Å². The molecule has 0 aliphatic carbocycles. The van der Waals surface area contributed by atoms with Crippen molar-refractivity contribution in [3.8, 4) is 6.07 Å². The fraction of sp³-hybridized carbons (Fsp3) is 0.300. The first kappa shape index (κ1) is 7.17. The van der Waals surface area contributed by atoms with Gasteiger partial charge in [-0.2, -0.15) is 5.26 Å². The lowest BCUT2D eigenvalue weighted by Crippen LogP contribution is -1.90. The Morgan fingerprint density at radius 3 is 3.25 bits per heavy atom. The van der Waals surface area contributed by atoms with Gasteiger partial charge in [-0.1, -0.05) is 12.1 Å². The van der Waals surface area contributed by atoms with Gasteiger partial charge in [-0.15, -0.1) is 0 Å². The smallest absolute Gasteiger partial charge is 0.0669 e. The van der Waals surface area contributed by atoms with Gasteiger partial charge in [0, 0.05) is 12.2 Å². The van der Waals surface area contributed by atoms with Crippen molar-refractivity contribution in [3.63, 3.8) is 0 Å². The van der Waals surface area contributed by atoms with Gasteiger partial charge in [0.1, 0.15) is 0 Å². The van der Waals surface area contributed by atoms with Crippen LogP contribution in [0.2, 0.25) is 0 Å². The Morgan fingerprint density at radius 2 is 2.42 bits per heavy atom. The van der Waals surface area contributed by atoms with Gasteiger partial charge in [-0.3, -0.25) is 0 Å². The molecule has 0 unspecified atom stereocenters. The van der Waals surface area contributed by atoms with E-state index in [-0.39, 0.29) is 0 Å². The molecule has 0 radical (unpaired) electrons. The van der Waals surface area contributed by atoms with Crippen LogP contribution < -0.4 is 5.32 Å². The maximum Gasteiger partial charge on any atom is 0.0669 e. The molecule has 1 N–H and O–H groups in total. The second kappa shape index (κ2) is 2.86. The molecular formula is C10H10N2. The van der Waals surface area contributed by atoms with Gasteiger partial charge in [-0.25, -0.2) is 0 Å². The number of hydrogen-bond acceptors (Lipinski definition) is 2. The Kier molecular flexibility index (Phi) is 1.71. The number of benzene rings is 1. The average Bonchev–Trinajstić information content (AvgIpc) is 2.51. The number of nitrogens with zero attached hydrogens (tertiary/aromatic N) is 1. The molecule has 0 bridgehead atoms. The van der Waals surface area contributed by atoms with Crippen molar-refractivity contribution in [2.45, 2.75) is 12.8 Å². The zero-order chi connectivity index (χ0) is 8.39. The Balaban J connectivity index is 2.34. The second-order valence-electron chi connectivity index (χ2n) is 3.00. The first-order valence-corrected chi connectivity index (χ1v) is 4.13. The van der Waals surface area contributed by atoms with Crippen LogP contribution in [0.5, 0.6) is 0 Å². The van der Waals surface area contributed by atoms with E-state index < -0.39 is 0 Å². The lowest BCUT2D eigenvalue weighted by atomic mass is 10.1. The maximum atomic E-state index is 8.50. The molecule has 1 aliphatic heterocycles. The summed E-state index contributed by atoms with van der Waals surface area (Å²) in [5.74, 6) is 0. The second-order valence-corrected chi connectivity index (χ2v) is 3.00. The topological polar surface area (TPSA) is 35.8 Å². The molecule has 0 amide bonds. The highest BCUT2D eigenvalue weighted by Crippen LogP contribution is 2.22. The number of nitrogens with one attached hydrogen (secondary N) is 1. The molecule has 2 rings (SSSR count). The van der Waals surface area contributed by atoms with Gasteiger partial charge in [0.2, 0.25) is 0 Å². The number of fused-ring (bicyclic) bond motifs is 1. The average molecular weight is 158 g/mol. The molecule has 2 nitrogen and oxygen atoms in total. The van der Waals surface area contributed by atoms with E-state index in [4.69, 9.17) is 5.26 Å². The Labute approximate surface area is 71.8 Å². The number of rotatable bonds is 1. The molecule has 1 heterocycles. The molecule has 0 saturated heterocycles. The molecule has 0 saturated carbocycles. The standard InChI is InChI=1S/C10H10N2/c11-5-3-8-1-2-10-9(7-8)4-6-12-10/h1-2,7,12H,3-4,6H2. The molecule has 0 spiro atoms. The maximum absolute atomic E-state index is 8.50. The molecule has 60 valence electrons. The van der Waals surface area contributed by atoms with E-state index in [1.165, 1.54) is 11.3 Å². The Morgan fingerprint density at radius 1 is 1.50 bits per heavy atom. The van der Waals surface area contributed by atoms with Crippen molar-refractivity contribution in [2.24, 2.45) is 0 Å². The van der Waals surface area contributed by atoms with E-state index in [1.807, 2.05) is 6.07 Å². The lowest BCUT2D eigenvalue weighted by molar-refractivity contribution is 1.10. The zero-order valence-corrected chi connectivity index (χ0v) is 6.80. The van der Waals surface area contributed by atoms with Gasteiger partial charge in [0.05, 0.1) is 12.5 Å². The molecule has 1 aromatic rings. The quantitative estimate of drug-likeness (QED) is 0.675. The summed E-state index contributed by atoms with van der Waals surface area (Å²) in [6.07, 6.45) is 1.61. The van der Waals surface area contributed by atoms with Gasteiger partial charge < -0.3 is 5.32 Å². The minimum Gasteiger partial charge on any atom is -0.384 e. The Bertz CT molecular complexity index is 336. The van der Waals surface area contributed by atoms with Gasteiger partial charge >= 0.3 is 0 Å². The zero-order valence-electron chi connectivity index (χ0n) is 6.80. The highest BCUT2D eigenvalue weighted by molar-refractivity contribution is 5.56. The van der Waals surface area contributed by atoms with E-state index >= 15 is 0 Å². The fourth-order valence-corrected chi connectivity index (χ4v) is 1.56. The van der Waals surface area contributed by atoms with E-state index in [2.05, 4.69) is 23.5 Å². The van der Waals surface area contributed by atoms with Crippen LogP contribution >= 0.6 is 0 Å². The predicted octanol–water partition coefficient (Wildman–Crippen LogP) is 1.72. The predicted molar refractivity (Wildman–Crippen MR) is 48.0 cm³/mol. The van der Waals surface area contributed by atoms with Crippen molar-refractivity contribution in [1.82, 2.24) is 0 Å². The van der Waals surface area contributed by atoms with E-state index in [9.17, 15) is 0 Å². The minimum atomic E-state index is 0.521. The molecule has 0 atom stereocenters.